The van der Waals surface area contributed by atoms with Gasteiger partial charge in [0.2, 0.25) is 0 Å². The van der Waals surface area contributed by atoms with Gasteiger partial charge in [0.1, 0.15) is 12.1 Å². The molecule has 26 heavy (non-hydrogen) atoms. The number of benzene rings is 2. The van der Waals surface area contributed by atoms with Crippen LogP contribution in [0.3, 0.4) is 0 Å². The van der Waals surface area contributed by atoms with Gasteiger partial charge in [0.25, 0.3) is 0 Å². The molecule has 0 saturated carbocycles. The molecule has 2 aromatic carbocycles. The Labute approximate surface area is 160 Å². The molecule has 0 aliphatic carbocycles. The van der Waals surface area contributed by atoms with Crippen LogP contribution < -0.4 is 0 Å². The summed E-state index contributed by atoms with van der Waals surface area (Å²) in [5.74, 6) is -0.439. The van der Waals surface area contributed by atoms with Gasteiger partial charge >= 0.3 is 0 Å². The summed E-state index contributed by atoms with van der Waals surface area (Å²) in [6, 6.07) is 12.2. The Balaban J connectivity index is 2.19. The fraction of sp³-hybridized carbons (Fsp3) is 0.0476. The van der Waals surface area contributed by atoms with Crippen molar-refractivity contribution in [1.82, 2.24) is 0 Å². The molecule has 1 aliphatic rings. The molecule has 5 heteroatoms. The molecule has 130 valence electrons. The van der Waals surface area contributed by atoms with Gasteiger partial charge in [0.15, 0.2) is 0 Å². The lowest BCUT2D eigenvalue weighted by molar-refractivity contribution is -0.104. The number of allylic oxidation sites excluding steroid dienone is 4. The van der Waals surface area contributed by atoms with E-state index < -0.39 is 5.82 Å². The third kappa shape index (κ3) is 4.03. The Kier molecular flexibility index (Phi) is 5.86. The number of carbonyl (C=O) groups excluding carboxylic acids is 1. The number of hydrogen-bond acceptors (Lipinski definition) is 3. The highest BCUT2D eigenvalue weighted by atomic mass is 35.5. The van der Waals surface area contributed by atoms with Gasteiger partial charge in [-0.2, -0.15) is 0 Å². The zero-order valence-electron chi connectivity index (χ0n) is 13.9. The normalized spacial score (nSPS) is 14.5. The van der Waals surface area contributed by atoms with Crippen molar-refractivity contribution in [3.63, 3.8) is 0 Å². The van der Waals surface area contributed by atoms with Gasteiger partial charge in [-0.15, -0.1) is 0 Å². The summed E-state index contributed by atoms with van der Waals surface area (Å²) in [4.78, 5) is 16.9. The van der Waals surface area contributed by atoms with E-state index >= 15 is 0 Å². The predicted molar refractivity (Wildman–Crippen MR) is 106 cm³/mol. The fourth-order valence-corrected chi connectivity index (χ4v) is 3.52. The molecule has 2 aromatic rings. The average Bonchev–Trinajstić information content (AvgIpc) is 2.81. The molecule has 0 spiro atoms. The second-order valence-corrected chi connectivity index (χ2v) is 6.85. The first kappa shape index (κ1) is 18.4. The summed E-state index contributed by atoms with van der Waals surface area (Å²) in [6.45, 7) is 1.83. The van der Waals surface area contributed by atoms with Gasteiger partial charge in [0.05, 0.1) is 11.4 Å². The number of carbonyl (C=O) groups is 1. The predicted octanol–water partition coefficient (Wildman–Crippen LogP) is 5.97. The molecule has 3 rings (SSSR count). The summed E-state index contributed by atoms with van der Waals surface area (Å²) in [7, 11) is 0. The highest BCUT2D eigenvalue weighted by molar-refractivity contribution is 8.02. The van der Waals surface area contributed by atoms with Crippen LogP contribution in [-0.4, -0.2) is 12.0 Å². The number of fused-ring (bicyclic) bond motifs is 1. The van der Waals surface area contributed by atoms with Crippen LogP contribution in [0.25, 0.3) is 0 Å². The van der Waals surface area contributed by atoms with Gasteiger partial charge in [-0.05, 0) is 37.3 Å². The van der Waals surface area contributed by atoms with Gasteiger partial charge in [0, 0.05) is 32.0 Å². The first-order valence-corrected chi connectivity index (χ1v) is 9.18. The van der Waals surface area contributed by atoms with Gasteiger partial charge < -0.3 is 0 Å². The zero-order chi connectivity index (χ0) is 18.5. The molecule has 0 amide bonds. The molecule has 2 nitrogen and oxygen atoms in total. The Morgan fingerprint density at radius 1 is 1.19 bits per heavy atom. The van der Waals surface area contributed by atoms with Crippen molar-refractivity contribution >= 4 is 35.4 Å². The molecule has 0 bridgehead atoms. The molecule has 0 saturated heterocycles. The van der Waals surface area contributed by atoms with E-state index in [-0.39, 0.29) is 0 Å². The minimum Gasteiger partial charge on any atom is -0.298 e. The van der Waals surface area contributed by atoms with E-state index in [2.05, 4.69) is 4.99 Å². The number of nitrogens with zero attached hydrogens (tertiary/aromatic N) is 1. The van der Waals surface area contributed by atoms with Crippen LogP contribution in [0.5, 0.6) is 0 Å². The molecule has 0 unspecified atom stereocenters. The lowest BCUT2D eigenvalue weighted by Gasteiger charge is -2.10. The summed E-state index contributed by atoms with van der Waals surface area (Å²) < 4.78 is 14.6. The van der Waals surface area contributed by atoms with E-state index in [1.165, 1.54) is 17.8 Å². The van der Waals surface area contributed by atoms with Gasteiger partial charge in [-0.1, -0.05) is 53.7 Å². The van der Waals surface area contributed by atoms with Crippen LogP contribution in [0.1, 0.15) is 18.1 Å². The smallest absolute Gasteiger partial charge is 0.150 e. The van der Waals surface area contributed by atoms with E-state index in [0.717, 1.165) is 16.7 Å². The molecule has 0 N–H and O–H groups in total. The van der Waals surface area contributed by atoms with Crippen LogP contribution in [0.2, 0.25) is 5.02 Å². The minimum atomic E-state index is -0.439. The Hall–Kier alpha value is -2.43. The van der Waals surface area contributed by atoms with Crippen molar-refractivity contribution < 1.29 is 9.18 Å². The maximum Gasteiger partial charge on any atom is 0.150 e. The highest BCUT2D eigenvalue weighted by Crippen LogP contribution is 2.32. The van der Waals surface area contributed by atoms with E-state index in [4.69, 9.17) is 11.6 Å². The Morgan fingerprint density at radius 2 is 2.00 bits per heavy atom. The Bertz CT molecular complexity index is 976. The summed E-state index contributed by atoms with van der Waals surface area (Å²) in [5, 5.41) is 2.18. The lowest BCUT2D eigenvalue weighted by atomic mass is 10.0. The van der Waals surface area contributed by atoms with Crippen LogP contribution >= 0.6 is 23.4 Å². The van der Waals surface area contributed by atoms with Crippen molar-refractivity contribution in [1.29, 1.82) is 0 Å². The molecule has 1 heterocycles. The van der Waals surface area contributed by atoms with E-state index in [9.17, 15) is 9.18 Å². The number of halogens is 2. The number of rotatable bonds is 4. The highest BCUT2D eigenvalue weighted by Gasteiger charge is 2.18. The van der Waals surface area contributed by atoms with Crippen molar-refractivity contribution in [2.45, 2.75) is 11.8 Å². The maximum absolute atomic E-state index is 14.6. The summed E-state index contributed by atoms with van der Waals surface area (Å²) in [6.07, 6.45) is 5.93. The minimum absolute atomic E-state index is 0.329. The van der Waals surface area contributed by atoms with Crippen LogP contribution in [0.4, 0.5) is 4.39 Å². The SMILES string of the molecule is C/C=C\C(C=O)=C/C1=CSc2ccccc2C(c2ccc(Cl)cc2F)=N1. The number of aldehydes is 1. The van der Waals surface area contributed by atoms with Gasteiger partial charge in [-0.25, -0.2) is 9.38 Å². The third-order valence-electron chi connectivity index (χ3n) is 3.69. The first-order chi connectivity index (χ1) is 12.6. The largest absolute Gasteiger partial charge is 0.298 e. The van der Waals surface area contributed by atoms with E-state index in [0.29, 0.717) is 27.6 Å². The quantitative estimate of drug-likeness (QED) is 0.370. The Morgan fingerprint density at radius 3 is 2.73 bits per heavy atom. The van der Waals surface area contributed by atoms with Crippen molar-refractivity contribution in [2.75, 3.05) is 0 Å². The molecule has 0 radical (unpaired) electrons. The standard InChI is InChI=1S/C21H15ClFNOS/c1-2-5-14(12-25)10-16-13-26-20-7-4-3-6-18(20)21(24-16)17-9-8-15(22)11-19(17)23/h2-13H,1H3/b5-2-,14-10+. The fourth-order valence-electron chi connectivity index (χ4n) is 2.54. The van der Waals surface area contributed by atoms with Crippen LogP contribution in [0.15, 0.2) is 87.3 Å². The summed E-state index contributed by atoms with van der Waals surface area (Å²) >= 11 is 7.37. The monoisotopic (exact) mass is 383 g/mol. The number of thioether (sulfide) groups is 1. The topological polar surface area (TPSA) is 29.4 Å². The van der Waals surface area contributed by atoms with Crippen molar-refractivity contribution in [3.05, 3.63) is 99.3 Å². The average molecular weight is 384 g/mol. The van der Waals surface area contributed by atoms with Crippen molar-refractivity contribution in [2.24, 2.45) is 4.99 Å². The second kappa shape index (κ2) is 8.30. The second-order valence-electron chi connectivity index (χ2n) is 5.50. The van der Waals surface area contributed by atoms with Crippen LogP contribution in [0, 0.1) is 5.82 Å². The third-order valence-corrected chi connectivity index (χ3v) is 4.89. The molecule has 0 aromatic heterocycles. The molecular formula is C21H15ClFNOS. The molecule has 0 fully saturated rings. The maximum atomic E-state index is 14.6. The molecular weight excluding hydrogens is 369 g/mol. The lowest BCUT2D eigenvalue weighted by Crippen LogP contribution is -2.07. The molecule has 0 atom stereocenters. The van der Waals surface area contributed by atoms with Gasteiger partial charge in [-0.3, -0.25) is 4.79 Å². The number of hydrogen-bond donors (Lipinski definition) is 0. The molecule has 1 aliphatic heterocycles. The first-order valence-electron chi connectivity index (χ1n) is 7.92. The van der Waals surface area contributed by atoms with Crippen molar-refractivity contribution in [3.8, 4) is 0 Å². The zero-order valence-corrected chi connectivity index (χ0v) is 15.5. The number of aliphatic imine (C=N–C) groups is 1. The summed E-state index contributed by atoms with van der Waals surface area (Å²) in [5.41, 5.74) is 2.77. The van der Waals surface area contributed by atoms with E-state index in [1.807, 2.05) is 36.6 Å². The van der Waals surface area contributed by atoms with E-state index in [1.54, 1.807) is 30.4 Å². The van der Waals surface area contributed by atoms with Crippen LogP contribution in [-0.2, 0) is 4.79 Å².